The first-order valence-electron chi connectivity index (χ1n) is 7.86. The van der Waals surface area contributed by atoms with Gasteiger partial charge in [-0.05, 0) is 19.1 Å². The molecule has 25 heavy (non-hydrogen) atoms. The number of fused-ring (bicyclic) bond motifs is 1. The Morgan fingerprint density at radius 1 is 1.32 bits per heavy atom. The quantitative estimate of drug-likeness (QED) is 0.711. The highest BCUT2D eigenvalue weighted by Gasteiger charge is 2.20. The standard InChI is InChI=1S/C18H18FN3O3/c1-4-24-17(23)13-9-20-16-14(13)15(21-10-22-16)11-6-5-7-12(8-11)25-18(2,3)19/h5-10H,4H2,1-3H3,(H,20,21,22). The lowest BCUT2D eigenvalue weighted by atomic mass is 10.1. The Morgan fingerprint density at radius 3 is 2.84 bits per heavy atom. The molecule has 1 aromatic carbocycles. The van der Waals surface area contributed by atoms with Crippen molar-refractivity contribution in [2.75, 3.05) is 6.61 Å². The molecule has 6 nitrogen and oxygen atoms in total. The van der Waals surface area contributed by atoms with Crippen LogP contribution >= 0.6 is 0 Å². The summed E-state index contributed by atoms with van der Waals surface area (Å²) in [6, 6.07) is 6.88. The van der Waals surface area contributed by atoms with Crippen molar-refractivity contribution < 1.29 is 18.7 Å². The highest BCUT2D eigenvalue weighted by Crippen LogP contribution is 2.31. The molecule has 0 fully saturated rings. The summed E-state index contributed by atoms with van der Waals surface area (Å²) in [6.07, 6.45) is 2.95. The lowest BCUT2D eigenvalue weighted by Crippen LogP contribution is -2.20. The summed E-state index contributed by atoms with van der Waals surface area (Å²) in [7, 11) is 0. The van der Waals surface area contributed by atoms with Gasteiger partial charge < -0.3 is 14.5 Å². The maximum Gasteiger partial charge on any atom is 0.340 e. The summed E-state index contributed by atoms with van der Waals surface area (Å²) >= 11 is 0. The van der Waals surface area contributed by atoms with Crippen molar-refractivity contribution in [1.29, 1.82) is 0 Å². The van der Waals surface area contributed by atoms with Crippen molar-refractivity contribution in [3.05, 3.63) is 42.4 Å². The zero-order chi connectivity index (χ0) is 18.0. The number of H-pyrrole nitrogens is 1. The fourth-order valence-electron chi connectivity index (χ4n) is 2.54. The van der Waals surface area contributed by atoms with Gasteiger partial charge in [0.25, 0.3) is 0 Å². The molecule has 0 aliphatic heterocycles. The number of hydrogen-bond acceptors (Lipinski definition) is 5. The van der Waals surface area contributed by atoms with Crippen molar-refractivity contribution in [3.63, 3.8) is 0 Å². The van der Waals surface area contributed by atoms with Crippen molar-refractivity contribution >= 4 is 17.0 Å². The maximum atomic E-state index is 13.8. The first kappa shape index (κ1) is 16.9. The van der Waals surface area contributed by atoms with Crippen LogP contribution in [-0.2, 0) is 4.74 Å². The molecular formula is C18H18FN3O3. The van der Waals surface area contributed by atoms with Crippen molar-refractivity contribution in [1.82, 2.24) is 15.0 Å². The number of benzene rings is 1. The number of nitrogens with zero attached hydrogens (tertiary/aromatic N) is 2. The third-order valence-corrected chi connectivity index (χ3v) is 3.43. The largest absolute Gasteiger partial charge is 0.462 e. The van der Waals surface area contributed by atoms with E-state index in [0.717, 1.165) is 0 Å². The Balaban J connectivity index is 2.11. The van der Waals surface area contributed by atoms with Crippen LogP contribution in [0.5, 0.6) is 5.75 Å². The monoisotopic (exact) mass is 343 g/mol. The maximum absolute atomic E-state index is 13.8. The third-order valence-electron chi connectivity index (χ3n) is 3.43. The van der Waals surface area contributed by atoms with Gasteiger partial charge >= 0.3 is 5.97 Å². The summed E-state index contributed by atoms with van der Waals surface area (Å²) < 4.78 is 24.1. The van der Waals surface area contributed by atoms with Crippen LogP contribution in [0.15, 0.2) is 36.8 Å². The Kier molecular flexibility index (Phi) is 4.39. The molecule has 0 aliphatic carbocycles. The highest BCUT2D eigenvalue weighted by molar-refractivity contribution is 6.08. The van der Waals surface area contributed by atoms with Gasteiger partial charge in [0.05, 0.1) is 23.3 Å². The molecule has 0 saturated heterocycles. The first-order valence-corrected chi connectivity index (χ1v) is 7.86. The van der Waals surface area contributed by atoms with E-state index in [9.17, 15) is 9.18 Å². The number of rotatable bonds is 5. The van der Waals surface area contributed by atoms with Crippen LogP contribution in [0, 0.1) is 0 Å². The van der Waals surface area contributed by atoms with E-state index in [-0.39, 0.29) is 6.61 Å². The van der Waals surface area contributed by atoms with E-state index in [2.05, 4.69) is 15.0 Å². The molecule has 3 rings (SSSR count). The number of halogens is 1. The molecule has 7 heteroatoms. The average Bonchev–Trinajstić information content (AvgIpc) is 2.98. The molecule has 0 bridgehead atoms. The van der Waals surface area contributed by atoms with Crippen molar-refractivity contribution in [2.24, 2.45) is 0 Å². The van der Waals surface area contributed by atoms with Gasteiger partial charge in [0.15, 0.2) is 0 Å². The third kappa shape index (κ3) is 3.60. The molecular weight excluding hydrogens is 325 g/mol. The van der Waals surface area contributed by atoms with Gasteiger partial charge in [0, 0.05) is 25.6 Å². The first-order chi connectivity index (χ1) is 11.9. The Labute approximate surface area is 144 Å². The van der Waals surface area contributed by atoms with Crippen LogP contribution in [0.1, 0.15) is 31.1 Å². The zero-order valence-corrected chi connectivity index (χ0v) is 14.2. The van der Waals surface area contributed by atoms with Crippen molar-refractivity contribution in [3.8, 4) is 17.0 Å². The lowest BCUT2D eigenvalue weighted by molar-refractivity contribution is -0.0256. The van der Waals surface area contributed by atoms with E-state index >= 15 is 0 Å². The van der Waals surface area contributed by atoms with Gasteiger partial charge in [-0.1, -0.05) is 12.1 Å². The predicted octanol–water partition coefficient (Wildman–Crippen LogP) is 3.89. The molecule has 0 radical (unpaired) electrons. The fourth-order valence-corrected chi connectivity index (χ4v) is 2.54. The summed E-state index contributed by atoms with van der Waals surface area (Å²) in [5, 5.41) is 0.553. The SMILES string of the molecule is CCOC(=O)c1c[nH]c2ncnc(-c3cccc(OC(C)(C)F)c3)c12. The van der Waals surface area contributed by atoms with Gasteiger partial charge in [-0.25, -0.2) is 14.8 Å². The number of aromatic amines is 1. The summed E-state index contributed by atoms with van der Waals surface area (Å²) in [4.78, 5) is 23.6. The van der Waals surface area contributed by atoms with Gasteiger partial charge in [-0.2, -0.15) is 4.39 Å². The van der Waals surface area contributed by atoms with Crippen LogP contribution in [0.2, 0.25) is 0 Å². The van der Waals surface area contributed by atoms with E-state index in [0.29, 0.717) is 33.6 Å². The molecule has 1 N–H and O–H groups in total. The number of carbonyl (C=O) groups is 1. The number of ether oxygens (including phenoxy) is 2. The Morgan fingerprint density at radius 2 is 2.12 bits per heavy atom. The smallest absolute Gasteiger partial charge is 0.340 e. The van der Waals surface area contributed by atoms with E-state index in [4.69, 9.17) is 9.47 Å². The summed E-state index contributed by atoms with van der Waals surface area (Å²) in [5.74, 6) is -1.89. The second kappa shape index (κ2) is 6.51. The van der Waals surface area contributed by atoms with Crippen molar-refractivity contribution in [2.45, 2.75) is 26.6 Å². The summed E-state index contributed by atoms with van der Waals surface area (Å²) in [5.41, 5.74) is 2.09. The van der Waals surface area contributed by atoms with Gasteiger partial charge in [0.2, 0.25) is 5.85 Å². The predicted molar refractivity (Wildman–Crippen MR) is 91.1 cm³/mol. The second-order valence-electron chi connectivity index (χ2n) is 5.86. The Bertz CT molecular complexity index is 915. The number of alkyl halides is 1. The van der Waals surface area contributed by atoms with Gasteiger partial charge in [-0.3, -0.25) is 0 Å². The van der Waals surface area contributed by atoms with Crippen LogP contribution in [-0.4, -0.2) is 33.4 Å². The normalized spacial score (nSPS) is 11.5. The lowest BCUT2D eigenvalue weighted by Gasteiger charge is -2.17. The molecule has 0 aliphatic rings. The number of carbonyl (C=O) groups excluding carboxylic acids is 1. The molecule has 0 spiro atoms. The topological polar surface area (TPSA) is 77.1 Å². The van der Waals surface area contributed by atoms with Crippen LogP contribution in [0.4, 0.5) is 4.39 Å². The average molecular weight is 343 g/mol. The number of hydrogen-bond donors (Lipinski definition) is 1. The molecule has 0 saturated carbocycles. The molecule has 3 aromatic rings. The van der Waals surface area contributed by atoms with Gasteiger partial charge in [0.1, 0.15) is 17.7 Å². The molecule has 0 amide bonds. The molecule has 0 atom stereocenters. The molecule has 2 aromatic heterocycles. The van der Waals surface area contributed by atoms with Gasteiger partial charge in [-0.15, -0.1) is 0 Å². The molecule has 2 heterocycles. The number of aromatic nitrogens is 3. The van der Waals surface area contributed by atoms with Crippen LogP contribution in [0.3, 0.4) is 0 Å². The fraction of sp³-hybridized carbons (Fsp3) is 0.278. The minimum atomic E-state index is -1.80. The van der Waals surface area contributed by atoms with E-state index in [1.54, 1.807) is 31.3 Å². The highest BCUT2D eigenvalue weighted by atomic mass is 19.2. The zero-order valence-electron chi connectivity index (χ0n) is 14.2. The second-order valence-corrected chi connectivity index (χ2v) is 5.86. The van der Waals surface area contributed by atoms with Crippen LogP contribution in [0.25, 0.3) is 22.3 Å². The minimum absolute atomic E-state index is 0.267. The number of esters is 1. The molecule has 130 valence electrons. The van der Waals surface area contributed by atoms with E-state index in [1.807, 2.05) is 6.07 Å². The Hall–Kier alpha value is -2.96. The summed E-state index contributed by atoms with van der Waals surface area (Å²) in [6.45, 7) is 4.66. The minimum Gasteiger partial charge on any atom is -0.462 e. The number of nitrogens with one attached hydrogen (secondary N) is 1. The van der Waals surface area contributed by atoms with Crippen LogP contribution < -0.4 is 4.74 Å². The van der Waals surface area contributed by atoms with E-state index in [1.165, 1.54) is 20.2 Å². The van der Waals surface area contributed by atoms with E-state index < -0.39 is 11.8 Å². The molecule has 0 unspecified atom stereocenters.